The largest absolute Gasteiger partial charge is 0.480 e. The molecule has 1 aromatic rings. The first-order chi connectivity index (χ1) is 12.4. The lowest BCUT2D eigenvalue weighted by atomic mass is 9.74. The number of nitrogens with two attached hydrogens (primary N) is 1. The minimum absolute atomic E-state index is 0.0297. The molecule has 1 fully saturated rings. The number of hydrogen-bond donors (Lipinski definition) is 3. The monoisotopic (exact) mass is 363 g/mol. The van der Waals surface area contributed by atoms with Crippen LogP contribution in [0.3, 0.4) is 0 Å². The van der Waals surface area contributed by atoms with Crippen molar-refractivity contribution in [2.75, 3.05) is 26.7 Å². The van der Waals surface area contributed by atoms with E-state index in [2.05, 4.69) is 30.3 Å². The van der Waals surface area contributed by atoms with Gasteiger partial charge in [-0.05, 0) is 50.6 Å². The maximum absolute atomic E-state index is 12.0. The highest BCUT2D eigenvalue weighted by atomic mass is 16.6. The summed E-state index contributed by atoms with van der Waals surface area (Å²) in [6.45, 7) is 4.05. The third-order valence-corrected chi connectivity index (χ3v) is 5.18. The van der Waals surface area contributed by atoms with Crippen LogP contribution in [0.4, 0.5) is 4.79 Å². The molecule has 1 unspecified atom stereocenters. The number of likely N-dealkylation sites (tertiary alicyclic amines) is 1. The van der Waals surface area contributed by atoms with Crippen LogP contribution in [0.15, 0.2) is 24.3 Å². The molecule has 7 nitrogen and oxygen atoms in total. The van der Waals surface area contributed by atoms with Gasteiger partial charge in [0.25, 0.3) is 0 Å². The number of nitrogens with one attached hydrogen (secondary N) is 1. The lowest BCUT2D eigenvalue weighted by Crippen LogP contribution is -2.46. The number of rotatable bonds is 6. The summed E-state index contributed by atoms with van der Waals surface area (Å²) in [5.74, 6) is -0.787. The maximum atomic E-state index is 12.0. The summed E-state index contributed by atoms with van der Waals surface area (Å²) in [5.41, 5.74) is 6.52. The van der Waals surface area contributed by atoms with E-state index in [0.29, 0.717) is 5.75 Å². The van der Waals surface area contributed by atoms with Gasteiger partial charge in [0.05, 0.1) is 0 Å². The average molecular weight is 363 g/mol. The zero-order valence-electron chi connectivity index (χ0n) is 15.5. The molecule has 2 atom stereocenters. The van der Waals surface area contributed by atoms with E-state index in [1.54, 1.807) is 6.07 Å². The van der Waals surface area contributed by atoms with Gasteiger partial charge in [0.1, 0.15) is 11.8 Å². The first kappa shape index (κ1) is 20.2. The van der Waals surface area contributed by atoms with Gasteiger partial charge < -0.3 is 25.8 Å². The summed E-state index contributed by atoms with van der Waals surface area (Å²) in [5, 5.41) is 11.2. The highest BCUT2D eigenvalue weighted by Gasteiger charge is 2.33. The number of likely N-dealkylation sites (N-methyl/N-ethyl adjacent to an activating group) is 1. The van der Waals surface area contributed by atoms with E-state index < -0.39 is 18.1 Å². The molecule has 1 aliphatic heterocycles. The highest BCUT2D eigenvalue weighted by Crippen LogP contribution is 2.37. The summed E-state index contributed by atoms with van der Waals surface area (Å²) in [7, 11) is 2.14. The highest BCUT2D eigenvalue weighted by molar-refractivity contribution is 5.81. The molecule has 7 heteroatoms. The van der Waals surface area contributed by atoms with Crippen molar-refractivity contribution in [3.63, 3.8) is 0 Å². The number of carboxylic acid groups (broad SMARTS) is 1. The van der Waals surface area contributed by atoms with E-state index in [4.69, 9.17) is 15.6 Å². The molecule has 144 valence electrons. The van der Waals surface area contributed by atoms with Crippen LogP contribution in [0.1, 0.15) is 38.2 Å². The maximum Gasteiger partial charge on any atom is 0.413 e. The van der Waals surface area contributed by atoms with Crippen molar-refractivity contribution < 1.29 is 19.4 Å². The fourth-order valence-electron chi connectivity index (χ4n) is 3.64. The molecule has 0 saturated carbocycles. The van der Waals surface area contributed by atoms with Gasteiger partial charge in [-0.15, -0.1) is 0 Å². The van der Waals surface area contributed by atoms with Gasteiger partial charge in [-0.25, -0.2) is 9.59 Å². The van der Waals surface area contributed by atoms with E-state index in [1.807, 2.05) is 12.1 Å². The molecule has 1 amide bonds. The van der Waals surface area contributed by atoms with Crippen LogP contribution >= 0.6 is 0 Å². The van der Waals surface area contributed by atoms with Crippen LogP contribution in [-0.2, 0) is 10.2 Å². The van der Waals surface area contributed by atoms with Crippen LogP contribution in [0.25, 0.3) is 0 Å². The SMILES string of the molecule is CCC1(c2cccc(OC(=O)N[C@@H](CN)C(=O)O)c2)CCCCN(C)C1. The molecule has 2 rings (SSSR count). The number of carbonyl (C=O) groups excluding carboxylic acids is 1. The number of aliphatic carboxylic acids is 1. The number of carbonyl (C=O) groups is 2. The second-order valence-electron chi connectivity index (χ2n) is 7.02. The van der Waals surface area contributed by atoms with Gasteiger partial charge in [-0.2, -0.15) is 0 Å². The molecule has 0 aromatic heterocycles. The van der Waals surface area contributed by atoms with Crippen molar-refractivity contribution in [3.8, 4) is 5.75 Å². The topological polar surface area (TPSA) is 105 Å². The molecule has 1 aliphatic rings. The smallest absolute Gasteiger partial charge is 0.413 e. The second kappa shape index (κ2) is 9.00. The Kier molecular flexibility index (Phi) is 6.99. The van der Waals surface area contributed by atoms with Crippen LogP contribution < -0.4 is 15.8 Å². The number of ether oxygens (including phenoxy) is 1. The Morgan fingerprint density at radius 2 is 2.19 bits per heavy atom. The fraction of sp³-hybridized carbons (Fsp3) is 0.579. The third kappa shape index (κ3) is 4.95. The van der Waals surface area contributed by atoms with Crippen molar-refractivity contribution in [2.24, 2.45) is 5.73 Å². The Labute approximate surface area is 154 Å². The van der Waals surface area contributed by atoms with E-state index in [0.717, 1.165) is 31.5 Å². The molecule has 0 spiro atoms. The number of nitrogens with zero attached hydrogens (tertiary/aromatic N) is 1. The minimum Gasteiger partial charge on any atom is -0.480 e. The Hall–Kier alpha value is -2.12. The fourth-order valence-corrected chi connectivity index (χ4v) is 3.64. The molecule has 0 radical (unpaired) electrons. The number of amides is 1. The van der Waals surface area contributed by atoms with Crippen molar-refractivity contribution in [1.29, 1.82) is 0 Å². The van der Waals surface area contributed by atoms with Gasteiger partial charge in [-0.3, -0.25) is 0 Å². The van der Waals surface area contributed by atoms with Crippen LogP contribution in [0.5, 0.6) is 5.75 Å². The predicted molar refractivity (Wildman–Crippen MR) is 99.4 cm³/mol. The molecule has 1 aromatic carbocycles. The Bertz CT molecular complexity index is 637. The van der Waals surface area contributed by atoms with Crippen molar-refractivity contribution >= 4 is 12.1 Å². The number of carboxylic acids is 1. The predicted octanol–water partition coefficient (Wildman–Crippen LogP) is 1.95. The Morgan fingerprint density at radius 1 is 1.42 bits per heavy atom. The third-order valence-electron chi connectivity index (χ3n) is 5.18. The quantitative estimate of drug-likeness (QED) is 0.713. The van der Waals surface area contributed by atoms with E-state index in [9.17, 15) is 9.59 Å². The van der Waals surface area contributed by atoms with Crippen molar-refractivity contribution in [3.05, 3.63) is 29.8 Å². The van der Waals surface area contributed by atoms with Crippen LogP contribution in [0.2, 0.25) is 0 Å². The molecule has 0 aliphatic carbocycles. The van der Waals surface area contributed by atoms with E-state index in [1.165, 1.54) is 12.8 Å². The zero-order valence-corrected chi connectivity index (χ0v) is 15.5. The summed E-state index contributed by atoms with van der Waals surface area (Å²) in [6.07, 6.45) is 3.63. The lowest BCUT2D eigenvalue weighted by Gasteiger charge is -2.35. The molecular formula is C19H29N3O4. The summed E-state index contributed by atoms with van der Waals surface area (Å²) < 4.78 is 5.29. The second-order valence-corrected chi connectivity index (χ2v) is 7.02. The van der Waals surface area contributed by atoms with Crippen LogP contribution in [-0.4, -0.2) is 54.8 Å². The standard InChI is InChI=1S/C19H29N3O4/c1-3-19(9-4-5-10-22(2)13-19)14-7-6-8-15(11-14)26-18(25)21-16(12-20)17(23)24/h6-8,11,16H,3-5,9-10,12-13,20H2,1-2H3,(H,21,25)(H,23,24)/t16-,19?/m0/s1. The number of benzene rings is 1. The van der Waals surface area contributed by atoms with Gasteiger partial charge >= 0.3 is 12.1 Å². The first-order valence-corrected chi connectivity index (χ1v) is 9.10. The molecule has 1 heterocycles. The summed E-state index contributed by atoms with van der Waals surface area (Å²) >= 11 is 0. The van der Waals surface area contributed by atoms with E-state index >= 15 is 0 Å². The molecular weight excluding hydrogens is 334 g/mol. The average Bonchev–Trinajstić information content (AvgIpc) is 2.81. The molecule has 0 bridgehead atoms. The zero-order chi connectivity index (χ0) is 19.2. The normalized spacial score (nSPS) is 22.3. The Morgan fingerprint density at radius 3 is 2.85 bits per heavy atom. The van der Waals surface area contributed by atoms with Gasteiger partial charge in [0.2, 0.25) is 0 Å². The first-order valence-electron chi connectivity index (χ1n) is 9.10. The lowest BCUT2D eigenvalue weighted by molar-refractivity contribution is -0.139. The van der Waals surface area contributed by atoms with Crippen molar-refractivity contribution in [2.45, 2.75) is 44.1 Å². The van der Waals surface area contributed by atoms with Gasteiger partial charge in [0, 0.05) is 18.5 Å². The van der Waals surface area contributed by atoms with E-state index in [-0.39, 0.29) is 12.0 Å². The Balaban J connectivity index is 2.16. The minimum atomic E-state index is -1.19. The molecule has 26 heavy (non-hydrogen) atoms. The number of hydrogen-bond acceptors (Lipinski definition) is 5. The van der Waals surface area contributed by atoms with Crippen molar-refractivity contribution in [1.82, 2.24) is 10.2 Å². The summed E-state index contributed by atoms with van der Waals surface area (Å²) in [6, 6.07) is 6.37. The van der Waals surface area contributed by atoms with Gasteiger partial charge in [-0.1, -0.05) is 25.5 Å². The summed E-state index contributed by atoms with van der Waals surface area (Å²) in [4.78, 5) is 25.3. The molecule has 1 saturated heterocycles. The van der Waals surface area contributed by atoms with Gasteiger partial charge in [0.15, 0.2) is 0 Å². The van der Waals surface area contributed by atoms with Crippen LogP contribution in [0, 0.1) is 0 Å². The molecule has 4 N–H and O–H groups in total.